The van der Waals surface area contributed by atoms with E-state index in [1.807, 2.05) is 0 Å². The highest BCUT2D eigenvalue weighted by Gasteiger charge is 2.38. The maximum atomic E-state index is 12.9. The number of anilines is 2. The molecule has 4 rings (SSSR count). The van der Waals surface area contributed by atoms with Crippen LogP contribution in [-0.2, 0) is 4.79 Å². The van der Waals surface area contributed by atoms with Gasteiger partial charge in [0.05, 0.1) is 25.5 Å². The van der Waals surface area contributed by atoms with Crippen LogP contribution in [0.25, 0.3) is 0 Å². The van der Waals surface area contributed by atoms with Crippen molar-refractivity contribution < 1.29 is 23.9 Å². The second-order valence-electron chi connectivity index (χ2n) is 6.93. The normalized spacial score (nSPS) is 17.7. The lowest BCUT2D eigenvalue weighted by molar-refractivity contribution is -0.119. The molecule has 2 aromatic carbocycles. The van der Waals surface area contributed by atoms with E-state index in [9.17, 15) is 14.4 Å². The predicted octanol–water partition coefficient (Wildman–Crippen LogP) is 2.51. The molecule has 0 saturated carbocycles. The molecular weight excluding hydrogens is 374 g/mol. The van der Waals surface area contributed by atoms with E-state index < -0.39 is 6.04 Å². The van der Waals surface area contributed by atoms with Gasteiger partial charge >= 0.3 is 0 Å². The number of benzene rings is 2. The Morgan fingerprint density at radius 3 is 2.66 bits per heavy atom. The van der Waals surface area contributed by atoms with Gasteiger partial charge in [0, 0.05) is 17.8 Å². The van der Waals surface area contributed by atoms with E-state index in [4.69, 9.17) is 9.47 Å². The van der Waals surface area contributed by atoms with Gasteiger partial charge in [-0.2, -0.15) is 0 Å². The lowest BCUT2D eigenvalue weighted by atomic mass is 10.1. The van der Waals surface area contributed by atoms with E-state index in [1.54, 1.807) is 41.3 Å². The van der Waals surface area contributed by atoms with Gasteiger partial charge in [0.25, 0.3) is 11.8 Å². The van der Waals surface area contributed by atoms with Crippen molar-refractivity contribution in [3.8, 4) is 11.5 Å². The molecule has 3 amide bonds. The van der Waals surface area contributed by atoms with E-state index in [0.29, 0.717) is 47.0 Å². The highest BCUT2D eigenvalue weighted by atomic mass is 16.5. The average Bonchev–Trinajstić information content (AvgIpc) is 3.20. The largest absolute Gasteiger partial charge is 0.493 e. The highest BCUT2D eigenvalue weighted by molar-refractivity contribution is 6.11. The minimum atomic E-state index is -0.431. The molecule has 2 aliphatic heterocycles. The number of ether oxygens (including phenoxy) is 2. The van der Waals surface area contributed by atoms with Crippen molar-refractivity contribution in [2.75, 3.05) is 31.4 Å². The lowest BCUT2D eigenvalue weighted by Gasteiger charge is -2.20. The molecule has 0 aromatic heterocycles. The molecule has 2 aliphatic rings. The van der Waals surface area contributed by atoms with Crippen molar-refractivity contribution in [3.05, 3.63) is 47.5 Å². The highest BCUT2D eigenvalue weighted by Crippen LogP contribution is 2.31. The van der Waals surface area contributed by atoms with Crippen LogP contribution in [0.5, 0.6) is 11.5 Å². The van der Waals surface area contributed by atoms with Crippen LogP contribution in [-0.4, -0.2) is 49.4 Å². The number of hydrogen-bond acceptors (Lipinski definition) is 5. The maximum absolute atomic E-state index is 12.9. The summed E-state index contributed by atoms with van der Waals surface area (Å²) < 4.78 is 10.4. The van der Waals surface area contributed by atoms with Gasteiger partial charge in [-0.05, 0) is 49.2 Å². The van der Waals surface area contributed by atoms with Crippen LogP contribution in [0, 0.1) is 0 Å². The standard InChI is InChI=1S/C21H21N3O5/c1-28-17-8-5-12(10-18(17)29-2)19(25)22-13-6-7-15-14(11-13)21(27)24-9-3-4-16(24)20(26)23-15/h5-8,10-11,16H,3-4,9H2,1-2H3,(H,22,25)(H,23,26). The van der Waals surface area contributed by atoms with Gasteiger partial charge in [-0.25, -0.2) is 0 Å². The summed E-state index contributed by atoms with van der Waals surface area (Å²) in [5.41, 5.74) is 1.67. The predicted molar refractivity (Wildman–Crippen MR) is 107 cm³/mol. The van der Waals surface area contributed by atoms with Crippen LogP contribution >= 0.6 is 0 Å². The first kappa shape index (κ1) is 18.8. The summed E-state index contributed by atoms with van der Waals surface area (Å²) >= 11 is 0. The monoisotopic (exact) mass is 395 g/mol. The summed E-state index contributed by atoms with van der Waals surface area (Å²) in [4.78, 5) is 39.5. The molecule has 29 heavy (non-hydrogen) atoms. The minimum Gasteiger partial charge on any atom is -0.493 e. The topological polar surface area (TPSA) is 97.0 Å². The van der Waals surface area contributed by atoms with Crippen LogP contribution < -0.4 is 20.1 Å². The van der Waals surface area contributed by atoms with Crippen molar-refractivity contribution >= 4 is 29.1 Å². The molecule has 150 valence electrons. The summed E-state index contributed by atoms with van der Waals surface area (Å²) in [6, 6.07) is 9.31. The Balaban J connectivity index is 1.60. The van der Waals surface area contributed by atoms with E-state index >= 15 is 0 Å². The summed E-state index contributed by atoms with van der Waals surface area (Å²) in [6.45, 7) is 0.554. The Morgan fingerprint density at radius 2 is 1.90 bits per heavy atom. The molecule has 1 atom stereocenters. The van der Waals surface area contributed by atoms with Gasteiger partial charge in [-0.3, -0.25) is 14.4 Å². The first-order valence-corrected chi connectivity index (χ1v) is 9.31. The summed E-state index contributed by atoms with van der Waals surface area (Å²) in [5.74, 6) is 0.241. The van der Waals surface area contributed by atoms with Gasteiger partial charge in [-0.1, -0.05) is 0 Å². The Labute approximate surface area is 167 Å². The van der Waals surface area contributed by atoms with E-state index in [1.165, 1.54) is 14.2 Å². The number of carbonyl (C=O) groups is 3. The molecule has 0 aliphatic carbocycles. The number of methoxy groups -OCH3 is 2. The van der Waals surface area contributed by atoms with Gasteiger partial charge in [0.15, 0.2) is 11.5 Å². The van der Waals surface area contributed by atoms with Gasteiger partial charge in [-0.15, -0.1) is 0 Å². The molecule has 0 bridgehead atoms. The van der Waals surface area contributed by atoms with Crippen LogP contribution in [0.15, 0.2) is 36.4 Å². The SMILES string of the molecule is COc1ccc(C(=O)Nc2ccc3c(c2)C(=O)N2CCCC2C(=O)N3)cc1OC. The third-order valence-electron chi connectivity index (χ3n) is 5.23. The molecule has 2 aromatic rings. The number of nitrogens with zero attached hydrogens (tertiary/aromatic N) is 1. The lowest BCUT2D eigenvalue weighted by Crippen LogP contribution is -2.40. The number of fused-ring (bicyclic) bond motifs is 2. The molecule has 1 unspecified atom stereocenters. The number of carbonyl (C=O) groups excluding carboxylic acids is 3. The number of amides is 3. The Kier molecular flexibility index (Phi) is 4.84. The van der Waals surface area contributed by atoms with Gasteiger partial charge in [0.2, 0.25) is 5.91 Å². The third kappa shape index (κ3) is 3.37. The van der Waals surface area contributed by atoms with Gasteiger partial charge in [0.1, 0.15) is 6.04 Å². The van der Waals surface area contributed by atoms with Crippen molar-refractivity contribution in [2.24, 2.45) is 0 Å². The molecule has 8 heteroatoms. The molecule has 8 nitrogen and oxygen atoms in total. The molecule has 1 fully saturated rings. The van der Waals surface area contributed by atoms with Crippen LogP contribution in [0.4, 0.5) is 11.4 Å². The van der Waals surface area contributed by atoms with Crippen molar-refractivity contribution in [1.82, 2.24) is 4.90 Å². The van der Waals surface area contributed by atoms with Crippen LogP contribution in [0.3, 0.4) is 0 Å². The zero-order valence-electron chi connectivity index (χ0n) is 16.2. The molecule has 2 N–H and O–H groups in total. The van der Waals surface area contributed by atoms with E-state index in [-0.39, 0.29) is 17.7 Å². The number of nitrogens with one attached hydrogen (secondary N) is 2. The zero-order chi connectivity index (χ0) is 20.5. The Hall–Kier alpha value is -3.55. The van der Waals surface area contributed by atoms with E-state index in [0.717, 1.165) is 6.42 Å². The van der Waals surface area contributed by atoms with E-state index in [2.05, 4.69) is 10.6 Å². The summed E-state index contributed by atoms with van der Waals surface area (Å²) in [7, 11) is 3.02. The fourth-order valence-electron chi connectivity index (χ4n) is 3.74. The van der Waals surface area contributed by atoms with Gasteiger partial charge < -0.3 is 25.0 Å². The molecule has 0 radical (unpaired) electrons. The number of rotatable bonds is 4. The van der Waals surface area contributed by atoms with Crippen molar-refractivity contribution in [3.63, 3.8) is 0 Å². The Bertz CT molecular complexity index is 1000. The second-order valence-corrected chi connectivity index (χ2v) is 6.93. The molecule has 2 heterocycles. The van der Waals surface area contributed by atoms with Crippen LogP contribution in [0.2, 0.25) is 0 Å². The molecule has 1 saturated heterocycles. The fraction of sp³-hybridized carbons (Fsp3) is 0.286. The smallest absolute Gasteiger partial charge is 0.256 e. The number of hydrogen-bond donors (Lipinski definition) is 2. The average molecular weight is 395 g/mol. The third-order valence-corrected chi connectivity index (χ3v) is 5.23. The van der Waals surface area contributed by atoms with Crippen LogP contribution in [0.1, 0.15) is 33.6 Å². The second kappa shape index (κ2) is 7.46. The first-order valence-electron chi connectivity index (χ1n) is 9.31. The Morgan fingerprint density at radius 1 is 1.10 bits per heavy atom. The van der Waals surface area contributed by atoms with Crippen molar-refractivity contribution in [1.29, 1.82) is 0 Å². The maximum Gasteiger partial charge on any atom is 0.256 e. The summed E-state index contributed by atoms with van der Waals surface area (Å²) in [6.07, 6.45) is 1.46. The summed E-state index contributed by atoms with van der Waals surface area (Å²) in [5, 5.41) is 5.61. The fourth-order valence-corrected chi connectivity index (χ4v) is 3.74. The molecular formula is C21H21N3O5. The first-order chi connectivity index (χ1) is 14.0. The quantitative estimate of drug-likeness (QED) is 0.829. The zero-order valence-corrected chi connectivity index (χ0v) is 16.2. The van der Waals surface area contributed by atoms with Crippen molar-refractivity contribution in [2.45, 2.75) is 18.9 Å². The minimum absolute atomic E-state index is 0.170. The molecule has 0 spiro atoms.